The van der Waals surface area contributed by atoms with Gasteiger partial charge in [0.15, 0.2) is 0 Å². The first-order valence-electron chi connectivity index (χ1n) is 12.4. The second-order valence-corrected chi connectivity index (χ2v) is 12.2. The van der Waals surface area contributed by atoms with E-state index in [2.05, 4.69) is 107 Å². The minimum absolute atomic E-state index is 0.353. The molecular formula is C28H40B2O4. The summed E-state index contributed by atoms with van der Waals surface area (Å²) in [6.07, 6.45) is 0. The van der Waals surface area contributed by atoms with Crippen LogP contribution in [0.25, 0.3) is 11.1 Å². The minimum atomic E-state index is -0.357. The van der Waals surface area contributed by atoms with E-state index in [9.17, 15) is 0 Å². The third-order valence-electron chi connectivity index (χ3n) is 8.41. The topological polar surface area (TPSA) is 36.9 Å². The number of aryl methyl sites for hydroxylation is 4. The van der Waals surface area contributed by atoms with Gasteiger partial charge in [0, 0.05) is 0 Å². The third kappa shape index (κ3) is 4.07. The van der Waals surface area contributed by atoms with Crippen LogP contribution in [0.4, 0.5) is 0 Å². The summed E-state index contributed by atoms with van der Waals surface area (Å²) in [6.45, 7) is 25.5. The van der Waals surface area contributed by atoms with Crippen molar-refractivity contribution in [2.75, 3.05) is 0 Å². The first kappa shape index (κ1) is 25.5. The maximum Gasteiger partial charge on any atom is 0.494 e. The SMILES string of the molecule is Cc1cc(B2OC(C)(C)C(C)(C)O2)cc(C)c1-c1c(C)cc(B2OC(C)(C)C(C)(C)O2)cc1C. The molecule has 2 aliphatic heterocycles. The zero-order chi connectivity index (χ0) is 25.4. The molecule has 0 unspecified atom stereocenters. The molecule has 0 aliphatic carbocycles. The highest BCUT2D eigenvalue weighted by Crippen LogP contribution is 2.39. The molecule has 0 atom stereocenters. The molecule has 2 aromatic carbocycles. The van der Waals surface area contributed by atoms with Crippen LogP contribution in [-0.2, 0) is 18.6 Å². The average Bonchev–Trinajstić information content (AvgIpc) is 3.02. The summed E-state index contributed by atoms with van der Waals surface area (Å²) in [7, 11) is -0.714. The molecule has 2 fully saturated rings. The van der Waals surface area contributed by atoms with Crippen molar-refractivity contribution in [2.45, 2.75) is 105 Å². The zero-order valence-electron chi connectivity index (χ0n) is 23.1. The van der Waals surface area contributed by atoms with Gasteiger partial charge in [-0.3, -0.25) is 0 Å². The van der Waals surface area contributed by atoms with Crippen molar-refractivity contribution in [3.63, 3.8) is 0 Å². The molecular weight excluding hydrogens is 422 g/mol. The summed E-state index contributed by atoms with van der Waals surface area (Å²) in [5, 5.41) is 0. The van der Waals surface area contributed by atoms with Crippen molar-refractivity contribution in [3.8, 4) is 11.1 Å². The number of hydrogen-bond donors (Lipinski definition) is 0. The highest BCUT2D eigenvalue weighted by atomic mass is 16.7. The predicted molar refractivity (Wildman–Crippen MR) is 142 cm³/mol. The summed E-state index contributed by atoms with van der Waals surface area (Å²) in [6, 6.07) is 8.86. The Morgan fingerprint density at radius 2 is 0.647 bits per heavy atom. The average molecular weight is 462 g/mol. The van der Waals surface area contributed by atoms with Crippen molar-refractivity contribution in [1.82, 2.24) is 0 Å². The lowest BCUT2D eigenvalue weighted by molar-refractivity contribution is 0.00578. The van der Waals surface area contributed by atoms with Crippen LogP contribution in [0, 0.1) is 27.7 Å². The molecule has 0 spiro atoms. The largest absolute Gasteiger partial charge is 0.494 e. The van der Waals surface area contributed by atoms with Gasteiger partial charge >= 0.3 is 14.2 Å². The molecule has 34 heavy (non-hydrogen) atoms. The van der Waals surface area contributed by atoms with Crippen LogP contribution in [0.15, 0.2) is 24.3 Å². The van der Waals surface area contributed by atoms with Crippen molar-refractivity contribution in [3.05, 3.63) is 46.5 Å². The smallest absolute Gasteiger partial charge is 0.399 e. The molecule has 0 aromatic heterocycles. The summed E-state index contributed by atoms with van der Waals surface area (Å²) in [5.41, 5.74) is 8.17. The van der Waals surface area contributed by atoms with E-state index in [-0.39, 0.29) is 36.6 Å². The highest BCUT2D eigenvalue weighted by Gasteiger charge is 2.53. The van der Waals surface area contributed by atoms with Crippen LogP contribution >= 0.6 is 0 Å². The maximum absolute atomic E-state index is 6.31. The van der Waals surface area contributed by atoms with Gasteiger partial charge < -0.3 is 18.6 Å². The Morgan fingerprint density at radius 1 is 0.441 bits per heavy atom. The van der Waals surface area contributed by atoms with Gasteiger partial charge in [-0.2, -0.15) is 0 Å². The lowest BCUT2D eigenvalue weighted by Crippen LogP contribution is -2.41. The first-order chi connectivity index (χ1) is 15.5. The van der Waals surface area contributed by atoms with Crippen molar-refractivity contribution >= 4 is 25.2 Å². The summed E-state index contributed by atoms with van der Waals surface area (Å²) < 4.78 is 25.2. The minimum Gasteiger partial charge on any atom is -0.399 e. The third-order valence-corrected chi connectivity index (χ3v) is 8.41. The van der Waals surface area contributed by atoms with E-state index in [1.165, 1.54) is 33.4 Å². The molecule has 2 heterocycles. The van der Waals surface area contributed by atoms with Crippen LogP contribution in [0.5, 0.6) is 0 Å². The fraction of sp³-hybridized carbons (Fsp3) is 0.571. The van der Waals surface area contributed by atoms with Gasteiger partial charge in [0.1, 0.15) is 0 Å². The highest BCUT2D eigenvalue weighted by molar-refractivity contribution is 6.62. The van der Waals surface area contributed by atoms with Gasteiger partial charge in [0.05, 0.1) is 22.4 Å². The number of hydrogen-bond acceptors (Lipinski definition) is 4. The fourth-order valence-corrected chi connectivity index (χ4v) is 5.01. The van der Waals surface area contributed by atoms with Crippen molar-refractivity contribution in [2.24, 2.45) is 0 Å². The van der Waals surface area contributed by atoms with Crippen LogP contribution in [-0.4, -0.2) is 36.6 Å². The monoisotopic (exact) mass is 462 g/mol. The Morgan fingerprint density at radius 3 is 0.853 bits per heavy atom. The first-order valence-corrected chi connectivity index (χ1v) is 12.4. The van der Waals surface area contributed by atoms with Gasteiger partial charge in [-0.25, -0.2) is 0 Å². The van der Waals surface area contributed by atoms with Crippen molar-refractivity contribution in [1.29, 1.82) is 0 Å². The Bertz CT molecular complexity index is 966. The molecule has 4 nitrogen and oxygen atoms in total. The molecule has 2 saturated heterocycles. The number of benzene rings is 2. The predicted octanol–water partition coefficient (Wildman–Crippen LogP) is 5.19. The van der Waals surface area contributed by atoms with E-state index in [0.29, 0.717) is 0 Å². The summed E-state index contributed by atoms with van der Waals surface area (Å²) >= 11 is 0. The molecule has 2 aromatic rings. The van der Waals surface area contributed by atoms with E-state index < -0.39 is 0 Å². The number of rotatable bonds is 3. The molecule has 4 rings (SSSR count). The van der Waals surface area contributed by atoms with Crippen LogP contribution in [0.2, 0.25) is 0 Å². The molecule has 6 heteroatoms. The van der Waals surface area contributed by atoms with E-state index in [1.807, 2.05) is 0 Å². The molecule has 0 radical (unpaired) electrons. The summed E-state index contributed by atoms with van der Waals surface area (Å²) in [4.78, 5) is 0. The van der Waals surface area contributed by atoms with Gasteiger partial charge in [-0.05, 0) is 127 Å². The van der Waals surface area contributed by atoms with Crippen LogP contribution in [0.1, 0.15) is 77.6 Å². The normalized spacial score (nSPS) is 22.5. The molecule has 182 valence electrons. The quantitative estimate of drug-likeness (QED) is 0.589. The molecule has 0 amide bonds. The van der Waals surface area contributed by atoms with Gasteiger partial charge in [-0.15, -0.1) is 0 Å². The Hall–Kier alpha value is -1.59. The van der Waals surface area contributed by atoms with Crippen LogP contribution in [0.3, 0.4) is 0 Å². The van der Waals surface area contributed by atoms with E-state index in [1.54, 1.807) is 0 Å². The Kier molecular flexibility index (Phi) is 5.97. The van der Waals surface area contributed by atoms with E-state index >= 15 is 0 Å². The molecule has 0 N–H and O–H groups in total. The maximum atomic E-state index is 6.31. The van der Waals surface area contributed by atoms with Gasteiger partial charge in [-0.1, -0.05) is 24.3 Å². The van der Waals surface area contributed by atoms with Crippen molar-refractivity contribution < 1.29 is 18.6 Å². The molecule has 0 saturated carbocycles. The zero-order valence-corrected chi connectivity index (χ0v) is 23.1. The summed E-state index contributed by atoms with van der Waals surface area (Å²) in [5.74, 6) is 0. The van der Waals surface area contributed by atoms with E-state index in [0.717, 1.165) is 10.9 Å². The van der Waals surface area contributed by atoms with E-state index in [4.69, 9.17) is 18.6 Å². The molecule has 2 aliphatic rings. The molecule has 0 bridgehead atoms. The second kappa shape index (κ2) is 7.96. The lowest BCUT2D eigenvalue weighted by Gasteiger charge is -2.32. The fourth-order valence-electron chi connectivity index (χ4n) is 5.01. The van der Waals surface area contributed by atoms with Gasteiger partial charge in [0.2, 0.25) is 0 Å². The lowest BCUT2D eigenvalue weighted by atomic mass is 9.73. The second-order valence-electron chi connectivity index (χ2n) is 12.2. The standard InChI is InChI=1S/C28H40B2O4/c1-17-13-21(29-31-25(5,6)26(7,8)32-29)14-18(2)23(17)24-19(3)15-22(16-20(24)4)30-33-27(9,10)28(11,12)34-30/h13-16H,1-12H3. The Balaban J connectivity index is 1.69. The van der Waals surface area contributed by atoms with Gasteiger partial charge in [0.25, 0.3) is 0 Å². The van der Waals surface area contributed by atoms with Crippen LogP contribution < -0.4 is 10.9 Å². The Labute approximate surface area is 207 Å².